The summed E-state index contributed by atoms with van der Waals surface area (Å²) in [5, 5.41) is 7.87. The van der Waals surface area contributed by atoms with Gasteiger partial charge in [-0.15, -0.1) is 0 Å². The van der Waals surface area contributed by atoms with Crippen molar-refractivity contribution in [2.45, 2.75) is 0 Å². The Morgan fingerprint density at radius 2 is 1.83 bits per heavy atom. The summed E-state index contributed by atoms with van der Waals surface area (Å²) in [6, 6.07) is 17.2. The first-order chi connectivity index (χ1) is 11.2. The Kier molecular flexibility index (Phi) is 6.59. The number of hydrazone groups is 1. The fourth-order valence-corrected chi connectivity index (χ4v) is 2.08. The van der Waals surface area contributed by atoms with E-state index in [9.17, 15) is 0 Å². The van der Waals surface area contributed by atoms with E-state index in [1.807, 2.05) is 60.7 Å². The summed E-state index contributed by atoms with van der Waals surface area (Å²) in [5.41, 5.74) is 4.55. The molecule has 4 nitrogen and oxygen atoms in total. The first-order valence-corrected chi connectivity index (χ1v) is 7.62. The van der Waals surface area contributed by atoms with Crippen LogP contribution in [0.5, 0.6) is 5.75 Å². The van der Waals surface area contributed by atoms with Gasteiger partial charge in [-0.05, 0) is 48.1 Å². The van der Waals surface area contributed by atoms with E-state index in [0.29, 0.717) is 10.1 Å². The lowest BCUT2D eigenvalue weighted by molar-refractivity contribution is 0.415. The van der Waals surface area contributed by atoms with Gasteiger partial charge in [-0.25, -0.2) is 0 Å². The molecule has 0 saturated carbocycles. The minimum absolute atomic E-state index is 0.371. The number of thiocarbonyl (C=S) groups is 1. The van der Waals surface area contributed by atoms with Crippen molar-refractivity contribution in [2.75, 3.05) is 12.4 Å². The molecule has 2 rings (SSSR count). The minimum Gasteiger partial charge on any atom is -0.497 e. The van der Waals surface area contributed by atoms with Crippen LogP contribution in [0.1, 0.15) is 5.56 Å². The van der Waals surface area contributed by atoms with Crippen molar-refractivity contribution in [3.8, 4) is 5.75 Å². The van der Waals surface area contributed by atoms with Gasteiger partial charge in [0.05, 0.1) is 18.4 Å². The van der Waals surface area contributed by atoms with Gasteiger partial charge in [-0.1, -0.05) is 41.9 Å². The molecule has 2 aromatic rings. The summed E-state index contributed by atoms with van der Waals surface area (Å²) < 4.78 is 5.09. The Labute approximate surface area is 145 Å². The molecule has 0 unspecified atom stereocenters. The van der Waals surface area contributed by atoms with Gasteiger partial charge < -0.3 is 10.1 Å². The van der Waals surface area contributed by atoms with Gasteiger partial charge in [-0.3, -0.25) is 5.43 Å². The number of allylic oxidation sites excluding steroid dienone is 1. The number of ether oxygens (including phenoxy) is 1. The van der Waals surface area contributed by atoms with Gasteiger partial charge in [0.25, 0.3) is 0 Å². The third-order valence-electron chi connectivity index (χ3n) is 2.81. The first kappa shape index (κ1) is 17.0. The molecular weight excluding hydrogens is 330 g/mol. The van der Waals surface area contributed by atoms with Crippen molar-refractivity contribution in [3.05, 3.63) is 65.2 Å². The summed E-state index contributed by atoms with van der Waals surface area (Å²) in [6.07, 6.45) is 3.31. The predicted octanol–water partition coefficient (Wildman–Crippen LogP) is 4.25. The van der Waals surface area contributed by atoms with E-state index in [2.05, 4.69) is 15.8 Å². The Morgan fingerprint density at radius 1 is 1.13 bits per heavy atom. The molecule has 0 bridgehead atoms. The summed E-state index contributed by atoms with van der Waals surface area (Å²) >= 11 is 11.2. The van der Waals surface area contributed by atoms with Crippen molar-refractivity contribution in [2.24, 2.45) is 5.10 Å². The van der Waals surface area contributed by atoms with E-state index in [4.69, 9.17) is 28.6 Å². The van der Waals surface area contributed by atoms with Crippen molar-refractivity contribution in [1.82, 2.24) is 5.43 Å². The Bertz CT molecular complexity index is 700. The van der Waals surface area contributed by atoms with Crippen LogP contribution < -0.4 is 15.5 Å². The number of halogens is 1. The smallest absolute Gasteiger partial charge is 0.191 e. The summed E-state index contributed by atoms with van der Waals surface area (Å²) in [5.74, 6) is 0.783. The van der Waals surface area contributed by atoms with E-state index in [0.717, 1.165) is 17.0 Å². The van der Waals surface area contributed by atoms with Crippen molar-refractivity contribution < 1.29 is 4.74 Å². The van der Waals surface area contributed by atoms with Crippen LogP contribution in [0.25, 0.3) is 6.08 Å². The lowest BCUT2D eigenvalue weighted by atomic mass is 10.2. The molecule has 0 heterocycles. The number of anilines is 1. The lowest BCUT2D eigenvalue weighted by Crippen LogP contribution is -2.23. The zero-order valence-corrected chi connectivity index (χ0v) is 14.1. The first-order valence-electron chi connectivity index (χ1n) is 6.84. The molecule has 23 heavy (non-hydrogen) atoms. The summed E-state index contributed by atoms with van der Waals surface area (Å²) in [6.45, 7) is 0. The molecule has 0 spiro atoms. The SMILES string of the molecule is COc1ccc(NC(=S)N/N=C\C(Cl)=C\c2ccccc2)cc1. The molecular formula is C17H16ClN3OS. The highest BCUT2D eigenvalue weighted by molar-refractivity contribution is 7.80. The lowest BCUT2D eigenvalue weighted by Gasteiger charge is -2.07. The molecule has 0 aliphatic heterocycles. The van der Waals surface area contributed by atoms with Crippen LogP contribution in [-0.2, 0) is 0 Å². The Hall–Kier alpha value is -2.37. The Morgan fingerprint density at radius 3 is 2.48 bits per heavy atom. The van der Waals surface area contributed by atoms with Crippen LogP contribution in [0.3, 0.4) is 0 Å². The van der Waals surface area contributed by atoms with Crippen LogP contribution >= 0.6 is 23.8 Å². The van der Waals surface area contributed by atoms with Gasteiger partial charge in [-0.2, -0.15) is 5.10 Å². The van der Waals surface area contributed by atoms with Crippen LogP contribution in [0.15, 0.2) is 64.7 Å². The molecule has 0 aliphatic rings. The topological polar surface area (TPSA) is 45.6 Å². The fraction of sp³-hybridized carbons (Fsp3) is 0.0588. The van der Waals surface area contributed by atoms with Crippen LogP contribution in [0, 0.1) is 0 Å². The van der Waals surface area contributed by atoms with E-state index >= 15 is 0 Å². The number of nitrogens with one attached hydrogen (secondary N) is 2. The van der Waals surface area contributed by atoms with E-state index in [-0.39, 0.29) is 0 Å². The van der Waals surface area contributed by atoms with Gasteiger partial charge in [0.1, 0.15) is 5.75 Å². The van der Waals surface area contributed by atoms with Crippen LogP contribution in [0.2, 0.25) is 0 Å². The quantitative estimate of drug-likeness (QED) is 0.483. The molecule has 118 valence electrons. The maximum atomic E-state index is 6.09. The summed E-state index contributed by atoms with van der Waals surface area (Å²) in [7, 11) is 1.62. The predicted molar refractivity (Wildman–Crippen MR) is 101 cm³/mol. The molecule has 0 atom stereocenters. The number of hydrogen-bond donors (Lipinski definition) is 2. The zero-order valence-electron chi connectivity index (χ0n) is 12.5. The van der Waals surface area contributed by atoms with E-state index in [1.165, 1.54) is 6.21 Å². The molecule has 0 radical (unpaired) electrons. The normalized spacial score (nSPS) is 11.3. The van der Waals surface area contributed by atoms with Crippen molar-refractivity contribution in [1.29, 1.82) is 0 Å². The number of nitrogens with zero attached hydrogens (tertiary/aromatic N) is 1. The standard InChI is InChI=1S/C17H16ClN3OS/c1-22-16-9-7-15(8-10-16)20-17(23)21-19-12-14(18)11-13-5-3-2-4-6-13/h2-12H,1H3,(H2,20,21,23)/b14-11-,19-12-. The average Bonchev–Trinajstić information content (AvgIpc) is 2.56. The summed E-state index contributed by atoms with van der Waals surface area (Å²) in [4.78, 5) is 0. The van der Waals surface area contributed by atoms with E-state index < -0.39 is 0 Å². The molecule has 0 saturated heterocycles. The van der Waals surface area contributed by atoms with Gasteiger partial charge in [0.15, 0.2) is 5.11 Å². The zero-order chi connectivity index (χ0) is 16.5. The average molecular weight is 346 g/mol. The highest BCUT2D eigenvalue weighted by atomic mass is 35.5. The molecule has 0 amide bonds. The minimum atomic E-state index is 0.371. The number of rotatable bonds is 5. The fourth-order valence-electron chi connectivity index (χ4n) is 1.73. The maximum absolute atomic E-state index is 6.09. The molecule has 0 fully saturated rings. The second kappa shape index (κ2) is 8.92. The van der Waals surface area contributed by atoms with E-state index in [1.54, 1.807) is 7.11 Å². The number of methoxy groups -OCH3 is 1. The van der Waals surface area contributed by atoms with Crippen LogP contribution in [-0.4, -0.2) is 18.4 Å². The third-order valence-corrected chi connectivity index (χ3v) is 3.21. The number of hydrogen-bond acceptors (Lipinski definition) is 3. The largest absolute Gasteiger partial charge is 0.497 e. The molecule has 2 N–H and O–H groups in total. The second-order valence-corrected chi connectivity index (χ2v) is 5.34. The number of benzene rings is 2. The van der Waals surface area contributed by atoms with Gasteiger partial charge >= 0.3 is 0 Å². The van der Waals surface area contributed by atoms with Gasteiger partial charge in [0, 0.05) is 5.69 Å². The highest BCUT2D eigenvalue weighted by Gasteiger charge is 1.97. The molecule has 6 heteroatoms. The second-order valence-electron chi connectivity index (χ2n) is 4.49. The van der Waals surface area contributed by atoms with Gasteiger partial charge in [0.2, 0.25) is 0 Å². The van der Waals surface area contributed by atoms with Crippen molar-refractivity contribution in [3.63, 3.8) is 0 Å². The third kappa shape index (κ3) is 6.10. The monoisotopic (exact) mass is 345 g/mol. The molecule has 0 aromatic heterocycles. The Balaban J connectivity index is 1.84. The molecule has 2 aromatic carbocycles. The maximum Gasteiger partial charge on any atom is 0.191 e. The van der Waals surface area contributed by atoms with Crippen LogP contribution in [0.4, 0.5) is 5.69 Å². The highest BCUT2D eigenvalue weighted by Crippen LogP contribution is 2.14. The molecule has 0 aliphatic carbocycles. The van der Waals surface area contributed by atoms with Crippen molar-refractivity contribution >= 4 is 46.9 Å².